The third-order valence-corrected chi connectivity index (χ3v) is 3.20. The molecule has 3 rings (SSSR count). The minimum Gasteiger partial charge on any atom is -0.341 e. The van der Waals surface area contributed by atoms with Crippen LogP contribution in [0.25, 0.3) is 0 Å². The first-order valence-electron chi connectivity index (χ1n) is 5.72. The van der Waals surface area contributed by atoms with Gasteiger partial charge in [-0.15, -0.1) is 0 Å². The predicted octanol–water partition coefficient (Wildman–Crippen LogP) is 2.83. The molecule has 2 nitrogen and oxygen atoms in total. The summed E-state index contributed by atoms with van der Waals surface area (Å²) in [5.74, 6) is 0.0196. The maximum absolute atomic E-state index is 11.8. The summed E-state index contributed by atoms with van der Waals surface area (Å²) in [5, 5.41) is 3.02. The van der Waals surface area contributed by atoms with Crippen molar-refractivity contribution in [3.63, 3.8) is 0 Å². The summed E-state index contributed by atoms with van der Waals surface area (Å²) in [6, 6.07) is 16.0. The number of amides is 1. The number of carbonyl (C=O) groups is 1. The molecule has 0 bridgehead atoms. The monoisotopic (exact) mass is 223 g/mol. The van der Waals surface area contributed by atoms with Crippen molar-refractivity contribution >= 4 is 5.91 Å². The Balaban J connectivity index is 2.07. The van der Waals surface area contributed by atoms with E-state index in [0.29, 0.717) is 0 Å². The highest BCUT2D eigenvalue weighted by Crippen LogP contribution is 2.30. The predicted molar refractivity (Wildman–Crippen MR) is 66.9 cm³/mol. The molecule has 1 aliphatic heterocycles. The van der Waals surface area contributed by atoms with Crippen molar-refractivity contribution in [1.29, 1.82) is 0 Å². The quantitative estimate of drug-likeness (QED) is 0.791. The highest BCUT2D eigenvalue weighted by molar-refractivity contribution is 5.99. The highest BCUT2D eigenvalue weighted by atomic mass is 16.2. The van der Waals surface area contributed by atoms with Gasteiger partial charge >= 0.3 is 0 Å². The Kier molecular flexibility index (Phi) is 2.22. The highest BCUT2D eigenvalue weighted by Gasteiger charge is 2.28. The lowest BCUT2D eigenvalue weighted by atomic mass is 9.98. The SMILES string of the molecule is Cc1ccc(C2NC(=O)c3ccccc32)cc1. The Morgan fingerprint density at radius 2 is 1.71 bits per heavy atom. The molecule has 0 saturated carbocycles. The summed E-state index contributed by atoms with van der Waals surface area (Å²) >= 11 is 0. The Morgan fingerprint density at radius 1 is 1.00 bits per heavy atom. The summed E-state index contributed by atoms with van der Waals surface area (Å²) < 4.78 is 0. The van der Waals surface area contributed by atoms with Crippen molar-refractivity contribution in [2.45, 2.75) is 13.0 Å². The molecule has 0 radical (unpaired) electrons. The van der Waals surface area contributed by atoms with Gasteiger partial charge in [0.1, 0.15) is 0 Å². The standard InChI is InChI=1S/C15H13NO/c1-10-6-8-11(9-7-10)14-12-4-2-3-5-13(12)15(17)16-14/h2-9,14H,1H3,(H,16,17). The molecule has 1 heterocycles. The molecule has 17 heavy (non-hydrogen) atoms. The van der Waals surface area contributed by atoms with E-state index >= 15 is 0 Å². The largest absolute Gasteiger partial charge is 0.341 e. The summed E-state index contributed by atoms with van der Waals surface area (Å²) in [5.41, 5.74) is 4.22. The average Bonchev–Trinajstić information content (AvgIpc) is 2.69. The molecule has 0 aromatic heterocycles. The molecular weight excluding hydrogens is 210 g/mol. The van der Waals surface area contributed by atoms with Gasteiger partial charge in [0.25, 0.3) is 5.91 Å². The zero-order valence-electron chi connectivity index (χ0n) is 9.60. The van der Waals surface area contributed by atoms with E-state index in [-0.39, 0.29) is 11.9 Å². The van der Waals surface area contributed by atoms with Gasteiger partial charge in [-0.3, -0.25) is 4.79 Å². The van der Waals surface area contributed by atoms with Crippen LogP contribution in [0.3, 0.4) is 0 Å². The van der Waals surface area contributed by atoms with Gasteiger partial charge in [-0.1, -0.05) is 48.0 Å². The van der Waals surface area contributed by atoms with E-state index in [0.717, 1.165) is 16.7 Å². The molecule has 84 valence electrons. The van der Waals surface area contributed by atoms with Crippen molar-refractivity contribution in [3.05, 3.63) is 70.8 Å². The van der Waals surface area contributed by atoms with Gasteiger partial charge in [-0.05, 0) is 24.1 Å². The number of fused-ring (bicyclic) bond motifs is 1. The van der Waals surface area contributed by atoms with E-state index < -0.39 is 0 Å². The first kappa shape index (κ1) is 10.1. The first-order chi connectivity index (χ1) is 8.25. The molecule has 0 spiro atoms. The Bertz CT molecular complexity index is 572. The molecule has 0 fully saturated rings. The molecule has 1 N–H and O–H groups in total. The lowest BCUT2D eigenvalue weighted by Gasteiger charge is -2.12. The fraction of sp³-hybridized carbons (Fsp3) is 0.133. The van der Waals surface area contributed by atoms with Crippen LogP contribution in [0.1, 0.15) is 33.1 Å². The number of aryl methyl sites for hydroxylation is 1. The summed E-state index contributed by atoms with van der Waals surface area (Å²) in [6.07, 6.45) is 0. The molecule has 1 atom stereocenters. The topological polar surface area (TPSA) is 29.1 Å². The van der Waals surface area contributed by atoms with Crippen LogP contribution in [0, 0.1) is 6.92 Å². The lowest BCUT2D eigenvalue weighted by molar-refractivity contribution is 0.0960. The number of nitrogens with one attached hydrogen (secondary N) is 1. The Hall–Kier alpha value is -2.09. The van der Waals surface area contributed by atoms with Crippen LogP contribution < -0.4 is 5.32 Å². The molecule has 2 aromatic rings. The van der Waals surface area contributed by atoms with Crippen molar-refractivity contribution in [2.75, 3.05) is 0 Å². The number of hydrogen-bond acceptors (Lipinski definition) is 1. The van der Waals surface area contributed by atoms with E-state index in [9.17, 15) is 4.79 Å². The van der Waals surface area contributed by atoms with Crippen LogP contribution in [0.15, 0.2) is 48.5 Å². The molecule has 2 aromatic carbocycles. The summed E-state index contributed by atoms with van der Waals surface area (Å²) in [7, 11) is 0. The van der Waals surface area contributed by atoms with Crippen LogP contribution in [-0.2, 0) is 0 Å². The minimum atomic E-state index is -0.000648. The Morgan fingerprint density at radius 3 is 2.47 bits per heavy atom. The van der Waals surface area contributed by atoms with Gasteiger partial charge in [0, 0.05) is 5.56 Å². The fourth-order valence-electron chi connectivity index (χ4n) is 2.26. The smallest absolute Gasteiger partial charge is 0.252 e. The third kappa shape index (κ3) is 1.62. The second-order valence-corrected chi connectivity index (χ2v) is 4.40. The molecular formula is C15H13NO. The number of rotatable bonds is 1. The van der Waals surface area contributed by atoms with Crippen molar-refractivity contribution < 1.29 is 4.79 Å². The van der Waals surface area contributed by atoms with Gasteiger partial charge in [0.15, 0.2) is 0 Å². The van der Waals surface area contributed by atoms with Crippen LogP contribution >= 0.6 is 0 Å². The van der Waals surface area contributed by atoms with Gasteiger partial charge < -0.3 is 5.32 Å². The number of hydrogen-bond donors (Lipinski definition) is 1. The molecule has 1 amide bonds. The van der Waals surface area contributed by atoms with Crippen molar-refractivity contribution in [3.8, 4) is 0 Å². The maximum atomic E-state index is 11.8. The lowest BCUT2D eigenvalue weighted by Crippen LogP contribution is -2.19. The second-order valence-electron chi connectivity index (χ2n) is 4.40. The third-order valence-electron chi connectivity index (χ3n) is 3.20. The van der Waals surface area contributed by atoms with E-state index in [1.165, 1.54) is 5.56 Å². The van der Waals surface area contributed by atoms with Crippen LogP contribution in [0.5, 0.6) is 0 Å². The zero-order valence-corrected chi connectivity index (χ0v) is 9.60. The van der Waals surface area contributed by atoms with Crippen LogP contribution in [-0.4, -0.2) is 5.91 Å². The molecule has 1 aliphatic rings. The van der Waals surface area contributed by atoms with E-state index in [1.807, 2.05) is 24.3 Å². The fourth-order valence-corrected chi connectivity index (χ4v) is 2.26. The van der Waals surface area contributed by atoms with Crippen LogP contribution in [0.2, 0.25) is 0 Å². The van der Waals surface area contributed by atoms with E-state index in [2.05, 4.69) is 36.5 Å². The second kappa shape index (κ2) is 3.74. The molecule has 0 aliphatic carbocycles. The number of benzene rings is 2. The molecule has 1 unspecified atom stereocenters. The first-order valence-corrected chi connectivity index (χ1v) is 5.72. The molecule has 0 saturated heterocycles. The van der Waals surface area contributed by atoms with E-state index in [4.69, 9.17) is 0 Å². The van der Waals surface area contributed by atoms with Crippen LogP contribution in [0.4, 0.5) is 0 Å². The van der Waals surface area contributed by atoms with E-state index in [1.54, 1.807) is 0 Å². The number of carbonyl (C=O) groups excluding carboxylic acids is 1. The minimum absolute atomic E-state index is 0.000648. The maximum Gasteiger partial charge on any atom is 0.252 e. The summed E-state index contributed by atoms with van der Waals surface area (Å²) in [4.78, 5) is 11.8. The van der Waals surface area contributed by atoms with Gasteiger partial charge in [0.05, 0.1) is 6.04 Å². The van der Waals surface area contributed by atoms with Gasteiger partial charge in [0.2, 0.25) is 0 Å². The van der Waals surface area contributed by atoms with Gasteiger partial charge in [-0.2, -0.15) is 0 Å². The Labute approximate surface area is 100 Å². The van der Waals surface area contributed by atoms with Crippen molar-refractivity contribution in [2.24, 2.45) is 0 Å². The normalized spacial score (nSPS) is 17.7. The van der Waals surface area contributed by atoms with Gasteiger partial charge in [-0.25, -0.2) is 0 Å². The van der Waals surface area contributed by atoms with Crippen molar-refractivity contribution in [1.82, 2.24) is 5.32 Å². The average molecular weight is 223 g/mol. The summed E-state index contributed by atoms with van der Waals surface area (Å²) in [6.45, 7) is 2.06. The molecule has 2 heteroatoms. The zero-order chi connectivity index (χ0) is 11.8.